The van der Waals surface area contributed by atoms with Crippen LogP contribution in [0.25, 0.3) is 5.69 Å². The molecule has 144 valence electrons. The summed E-state index contributed by atoms with van der Waals surface area (Å²) in [5.41, 5.74) is 0.0486. The highest BCUT2D eigenvalue weighted by atomic mass is 35.5. The number of ether oxygens (including phenoxy) is 1. The van der Waals surface area contributed by atoms with Gasteiger partial charge in [-0.3, -0.25) is 9.59 Å². The maximum Gasteiger partial charge on any atom is 0.305 e. The van der Waals surface area contributed by atoms with Crippen molar-refractivity contribution in [3.63, 3.8) is 0 Å². The lowest BCUT2D eigenvalue weighted by Crippen LogP contribution is -2.53. The molecule has 0 unspecified atom stereocenters. The third-order valence-corrected chi connectivity index (χ3v) is 4.87. The van der Waals surface area contributed by atoms with Gasteiger partial charge in [0.15, 0.2) is 5.69 Å². The monoisotopic (exact) mass is 396 g/mol. The summed E-state index contributed by atoms with van der Waals surface area (Å²) in [6.45, 7) is 2.38. The van der Waals surface area contributed by atoms with Crippen molar-refractivity contribution in [2.24, 2.45) is 0 Å². The molecule has 1 saturated heterocycles. The van der Waals surface area contributed by atoms with Crippen molar-refractivity contribution in [1.29, 1.82) is 0 Å². The molecule has 1 aromatic carbocycles. The van der Waals surface area contributed by atoms with E-state index in [9.17, 15) is 19.1 Å². The first kappa shape index (κ1) is 19.2. The number of carboxylic acids is 1. The van der Waals surface area contributed by atoms with E-state index < -0.39 is 23.2 Å². The van der Waals surface area contributed by atoms with Crippen molar-refractivity contribution < 1.29 is 23.8 Å². The molecule has 1 aliphatic heterocycles. The molecule has 0 bridgehead atoms. The number of benzene rings is 1. The first-order valence-electron chi connectivity index (χ1n) is 8.31. The molecule has 0 radical (unpaired) electrons. The van der Waals surface area contributed by atoms with Gasteiger partial charge in [-0.2, -0.15) is 0 Å². The number of halogens is 2. The van der Waals surface area contributed by atoms with Crippen LogP contribution in [0.4, 0.5) is 4.39 Å². The molecule has 0 saturated carbocycles. The van der Waals surface area contributed by atoms with Crippen molar-refractivity contribution in [3.05, 3.63) is 40.4 Å². The second-order valence-corrected chi connectivity index (χ2v) is 6.86. The van der Waals surface area contributed by atoms with Gasteiger partial charge in [0.25, 0.3) is 5.91 Å². The fourth-order valence-corrected chi connectivity index (χ4v) is 3.27. The zero-order valence-corrected chi connectivity index (χ0v) is 15.3. The minimum Gasteiger partial charge on any atom is -0.481 e. The average Bonchev–Trinajstić information content (AvgIpc) is 2.99. The Morgan fingerprint density at radius 3 is 2.74 bits per heavy atom. The number of rotatable bonds is 5. The van der Waals surface area contributed by atoms with Gasteiger partial charge in [0.2, 0.25) is 0 Å². The first-order valence-corrected chi connectivity index (χ1v) is 8.69. The quantitative estimate of drug-likeness (QED) is 0.801. The van der Waals surface area contributed by atoms with Gasteiger partial charge in [0, 0.05) is 13.2 Å². The lowest BCUT2D eigenvalue weighted by Gasteiger charge is -2.36. The van der Waals surface area contributed by atoms with E-state index >= 15 is 0 Å². The summed E-state index contributed by atoms with van der Waals surface area (Å²) in [6.07, 6.45) is 0.584. The molecule has 27 heavy (non-hydrogen) atoms. The largest absolute Gasteiger partial charge is 0.481 e. The van der Waals surface area contributed by atoms with E-state index in [1.54, 1.807) is 6.92 Å². The summed E-state index contributed by atoms with van der Waals surface area (Å²) >= 11 is 5.80. The molecule has 1 aromatic heterocycles. The third-order valence-electron chi connectivity index (χ3n) is 4.58. The van der Waals surface area contributed by atoms with Crippen LogP contribution in [0, 0.1) is 12.7 Å². The number of hydrogen-bond acceptors (Lipinski definition) is 5. The molecule has 2 N–H and O–H groups in total. The number of carbonyl (C=O) groups excluding carboxylic acids is 1. The van der Waals surface area contributed by atoms with Gasteiger partial charge < -0.3 is 15.2 Å². The van der Waals surface area contributed by atoms with Gasteiger partial charge in [-0.05, 0) is 38.0 Å². The Labute approximate surface area is 159 Å². The highest BCUT2D eigenvalue weighted by Crippen LogP contribution is 2.26. The molecule has 1 amide bonds. The van der Waals surface area contributed by atoms with Gasteiger partial charge in [-0.1, -0.05) is 16.8 Å². The Morgan fingerprint density at radius 2 is 2.11 bits per heavy atom. The number of nitrogens with one attached hydrogen (secondary N) is 1. The zero-order chi connectivity index (χ0) is 19.6. The molecule has 2 aromatic rings. The van der Waals surface area contributed by atoms with Crippen LogP contribution in [0.15, 0.2) is 18.2 Å². The number of carboxylic acid groups (broad SMARTS) is 1. The number of aliphatic carboxylic acids is 1. The maximum atomic E-state index is 13.4. The van der Waals surface area contributed by atoms with Crippen LogP contribution in [0.5, 0.6) is 0 Å². The van der Waals surface area contributed by atoms with Crippen LogP contribution in [0.3, 0.4) is 0 Å². The molecule has 2 heterocycles. The van der Waals surface area contributed by atoms with Crippen molar-refractivity contribution in [2.45, 2.75) is 31.7 Å². The highest BCUT2D eigenvalue weighted by Gasteiger charge is 2.37. The normalized spacial score (nSPS) is 16.1. The minimum absolute atomic E-state index is 0.0618. The summed E-state index contributed by atoms with van der Waals surface area (Å²) in [6, 6.07) is 4.04. The van der Waals surface area contributed by atoms with E-state index in [2.05, 4.69) is 15.6 Å². The smallest absolute Gasteiger partial charge is 0.305 e. The molecule has 1 aliphatic rings. The lowest BCUT2D eigenvalue weighted by molar-refractivity contribution is -0.139. The molecule has 1 fully saturated rings. The summed E-state index contributed by atoms with van der Waals surface area (Å²) in [5, 5.41) is 19.8. The van der Waals surface area contributed by atoms with Gasteiger partial charge >= 0.3 is 5.97 Å². The Balaban J connectivity index is 1.85. The van der Waals surface area contributed by atoms with E-state index in [0.717, 1.165) is 0 Å². The minimum atomic E-state index is -1.00. The SMILES string of the molecule is Cc1c(C(=O)NC2(CC(=O)O)CCOCC2)nnn1-c1ccc(F)c(Cl)c1. The van der Waals surface area contributed by atoms with Crippen LogP contribution < -0.4 is 5.32 Å². The molecule has 10 heteroatoms. The maximum absolute atomic E-state index is 13.4. The lowest BCUT2D eigenvalue weighted by atomic mass is 9.86. The molecule has 8 nitrogen and oxygen atoms in total. The molecule has 3 rings (SSSR count). The Morgan fingerprint density at radius 1 is 1.41 bits per heavy atom. The Kier molecular flexibility index (Phi) is 5.43. The number of carbonyl (C=O) groups is 2. The van der Waals surface area contributed by atoms with Crippen molar-refractivity contribution in [1.82, 2.24) is 20.3 Å². The topological polar surface area (TPSA) is 106 Å². The summed E-state index contributed by atoms with van der Waals surface area (Å²) in [7, 11) is 0. The summed E-state index contributed by atoms with van der Waals surface area (Å²) in [4.78, 5) is 24.0. The Hall–Kier alpha value is -2.52. The van der Waals surface area contributed by atoms with Crippen LogP contribution in [0.2, 0.25) is 5.02 Å². The van der Waals surface area contributed by atoms with E-state index in [1.165, 1.54) is 22.9 Å². The van der Waals surface area contributed by atoms with Gasteiger partial charge in [-0.15, -0.1) is 5.10 Å². The number of aromatic nitrogens is 3. The van der Waals surface area contributed by atoms with Crippen LogP contribution in [-0.4, -0.2) is 50.7 Å². The number of hydrogen-bond donors (Lipinski definition) is 2. The fraction of sp³-hybridized carbons (Fsp3) is 0.412. The molecule has 0 spiro atoms. The van der Waals surface area contributed by atoms with Crippen LogP contribution >= 0.6 is 11.6 Å². The second-order valence-electron chi connectivity index (χ2n) is 6.45. The van der Waals surface area contributed by atoms with E-state index in [-0.39, 0.29) is 17.1 Å². The standard InChI is InChI=1S/C17H18ClFN4O4/c1-10-15(21-22-23(10)11-2-3-13(19)12(18)8-11)16(26)20-17(9-14(24)25)4-6-27-7-5-17/h2-3,8H,4-7,9H2,1H3,(H,20,26)(H,24,25). The zero-order valence-electron chi connectivity index (χ0n) is 14.5. The van der Waals surface area contributed by atoms with Gasteiger partial charge in [0.1, 0.15) is 5.82 Å². The Bertz CT molecular complexity index is 880. The van der Waals surface area contributed by atoms with E-state index in [1.807, 2.05) is 0 Å². The molecule has 0 atom stereocenters. The second kappa shape index (κ2) is 7.61. The van der Waals surface area contributed by atoms with Gasteiger partial charge in [-0.25, -0.2) is 9.07 Å². The third kappa shape index (κ3) is 4.09. The first-order chi connectivity index (χ1) is 12.8. The molecular weight excluding hydrogens is 379 g/mol. The summed E-state index contributed by atoms with van der Waals surface area (Å²) < 4.78 is 20.0. The number of amides is 1. The van der Waals surface area contributed by atoms with Crippen LogP contribution in [0.1, 0.15) is 35.4 Å². The fourth-order valence-electron chi connectivity index (χ4n) is 3.10. The predicted molar refractivity (Wildman–Crippen MR) is 93.6 cm³/mol. The van der Waals surface area contributed by atoms with E-state index in [4.69, 9.17) is 16.3 Å². The van der Waals surface area contributed by atoms with Crippen molar-refractivity contribution in [2.75, 3.05) is 13.2 Å². The molecule has 0 aliphatic carbocycles. The average molecular weight is 397 g/mol. The molecular formula is C17H18ClFN4O4. The number of nitrogens with zero attached hydrogens (tertiary/aromatic N) is 3. The van der Waals surface area contributed by atoms with Crippen LogP contribution in [-0.2, 0) is 9.53 Å². The summed E-state index contributed by atoms with van der Waals surface area (Å²) in [5.74, 6) is -2.08. The predicted octanol–water partition coefficient (Wildman–Crippen LogP) is 2.12. The van der Waals surface area contributed by atoms with Gasteiger partial charge in [0.05, 0.1) is 28.4 Å². The highest BCUT2D eigenvalue weighted by molar-refractivity contribution is 6.30. The van der Waals surface area contributed by atoms with Crippen molar-refractivity contribution >= 4 is 23.5 Å². The van der Waals surface area contributed by atoms with Crippen molar-refractivity contribution in [3.8, 4) is 5.69 Å². The van der Waals surface area contributed by atoms with E-state index in [0.29, 0.717) is 37.4 Å².